The van der Waals surface area contributed by atoms with Gasteiger partial charge in [-0.2, -0.15) is 0 Å². The van der Waals surface area contributed by atoms with Crippen molar-refractivity contribution in [1.29, 1.82) is 0 Å². The van der Waals surface area contributed by atoms with E-state index in [1.54, 1.807) is 0 Å². The summed E-state index contributed by atoms with van der Waals surface area (Å²) in [5.74, 6) is 0.920. The first-order valence-corrected chi connectivity index (χ1v) is 5.50. The Balaban J connectivity index is 2.67. The highest BCUT2D eigenvalue weighted by atomic mass is 16.5. The molecule has 1 N–H and O–H groups in total. The zero-order chi connectivity index (χ0) is 12.0. The molecule has 0 aliphatic carbocycles. The van der Waals surface area contributed by atoms with Crippen LogP contribution in [0.1, 0.15) is 24.6 Å². The van der Waals surface area contributed by atoms with Crippen LogP contribution in [-0.2, 0) is 6.54 Å². The van der Waals surface area contributed by atoms with Gasteiger partial charge >= 0.3 is 0 Å². The predicted molar refractivity (Wildman–Crippen MR) is 66.7 cm³/mol. The maximum absolute atomic E-state index is 5.74. The summed E-state index contributed by atoms with van der Waals surface area (Å²) in [5.41, 5.74) is 3.21. The van der Waals surface area contributed by atoms with Crippen molar-refractivity contribution < 1.29 is 4.74 Å². The molecule has 3 nitrogen and oxygen atoms in total. The highest BCUT2D eigenvalue weighted by molar-refractivity contribution is 5.32. The van der Waals surface area contributed by atoms with E-state index in [4.69, 9.17) is 4.74 Å². The van der Waals surface area contributed by atoms with Gasteiger partial charge < -0.3 is 10.1 Å². The van der Waals surface area contributed by atoms with E-state index in [1.165, 1.54) is 0 Å². The number of hydrogen-bond acceptors (Lipinski definition) is 3. The van der Waals surface area contributed by atoms with Crippen LogP contribution in [-0.4, -0.2) is 18.6 Å². The molecule has 0 unspecified atom stereocenters. The quantitative estimate of drug-likeness (QED) is 0.748. The molecule has 0 fully saturated rings. The van der Waals surface area contributed by atoms with Crippen LogP contribution in [0, 0.1) is 6.92 Å². The van der Waals surface area contributed by atoms with Crippen LogP contribution in [0.15, 0.2) is 24.4 Å². The SMILES string of the molecule is C=C(C)CCOc1cc(C)ncc1CNC. The van der Waals surface area contributed by atoms with E-state index in [-0.39, 0.29) is 0 Å². The van der Waals surface area contributed by atoms with E-state index in [1.807, 2.05) is 33.2 Å². The minimum Gasteiger partial charge on any atom is -0.493 e. The highest BCUT2D eigenvalue weighted by Crippen LogP contribution is 2.18. The molecule has 0 bridgehead atoms. The third-order valence-corrected chi connectivity index (χ3v) is 2.23. The van der Waals surface area contributed by atoms with Gasteiger partial charge in [0.1, 0.15) is 5.75 Å². The summed E-state index contributed by atoms with van der Waals surface area (Å²) in [4.78, 5) is 4.26. The molecule has 1 rings (SSSR count). The Kier molecular flexibility index (Phi) is 4.99. The van der Waals surface area contributed by atoms with Crippen molar-refractivity contribution in [3.63, 3.8) is 0 Å². The second kappa shape index (κ2) is 6.28. The lowest BCUT2D eigenvalue weighted by molar-refractivity contribution is 0.317. The zero-order valence-electron chi connectivity index (χ0n) is 10.3. The number of nitrogens with one attached hydrogen (secondary N) is 1. The second-order valence-corrected chi connectivity index (χ2v) is 4.02. The molecule has 0 aliphatic rings. The first-order chi connectivity index (χ1) is 7.63. The zero-order valence-corrected chi connectivity index (χ0v) is 10.3. The summed E-state index contributed by atoms with van der Waals surface area (Å²) in [6.07, 6.45) is 2.75. The Morgan fingerprint density at radius 1 is 1.56 bits per heavy atom. The van der Waals surface area contributed by atoms with Crippen LogP contribution in [0.25, 0.3) is 0 Å². The largest absolute Gasteiger partial charge is 0.493 e. The Labute approximate surface area is 97.5 Å². The van der Waals surface area contributed by atoms with Crippen molar-refractivity contribution in [2.24, 2.45) is 0 Å². The fraction of sp³-hybridized carbons (Fsp3) is 0.462. The average Bonchev–Trinajstić information content (AvgIpc) is 2.21. The fourth-order valence-corrected chi connectivity index (χ4v) is 1.36. The second-order valence-electron chi connectivity index (χ2n) is 4.02. The minimum absolute atomic E-state index is 0.676. The lowest BCUT2D eigenvalue weighted by Crippen LogP contribution is -2.09. The molecular formula is C13H20N2O. The maximum Gasteiger partial charge on any atom is 0.127 e. The summed E-state index contributed by atoms with van der Waals surface area (Å²) < 4.78 is 5.74. The molecule has 0 radical (unpaired) electrons. The lowest BCUT2D eigenvalue weighted by atomic mass is 10.2. The molecule has 0 spiro atoms. The number of hydrogen-bond donors (Lipinski definition) is 1. The molecule has 0 aliphatic heterocycles. The molecule has 0 amide bonds. The molecule has 0 saturated carbocycles. The Morgan fingerprint density at radius 3 is 2.94 bits per heavy atom. The molecule has 1 heterocycles. The lowest BCUT2D eigenvalue weighted by Gasteiger charge is -2.11. The van der Waals surface area contributed by atoms with Crippen molar-refractivity contribution in [2.75, 3.05) is 13.7 Å². The monoisotopic (exact) mass is 220 g/mol. The Morgan fingerprint density at radius 2 is 2.31 bits per heavy atom. The number of aromatic nitrogens is 1. The number of rotatable bonds is 6. The number of pyridine rings is 1. The van der Waals surface area contributed by atoms with Gasteiger partial charge in [-0.15, -0.1) is 6.58 Å². The van der Waals surface area contributed by atoms with Gasteiger partial charge in [0.15, 0.2) is 0 Å². The highest BCUT2D eigenvalue weighted by Gasteiger charge is 2.04. The molecule has 0 saturated heterocycles. The van der Waals surface area contributed by atoms with E-state index in [2.05, 4.69) is 16.9 Å². The van der Waals surface area contributed by atoms with E-state index in [0.717, 1.165) is 35.5 Å². The maximum atomic E-state index is 5.74. The summed E-state index contributed by atoms with van der Waals surface area (Å²) >= 11 is 0. The van der Waals surface area contributed by atoms with Crippen LogP contribution in [0.4, 0.5) is 0 Å². The first-order valence-electron chi connectivity index (χ1n) is 5.50. The summed E-state index contributed by atoms with van der Waals surface area (Å²) in [6.45, 7) is 9.28. The van der Waals surface area contributed by atoms with Gasteiger partial charge in [0.05, 0.1) is 6.61 Å². The molecule has 88 valence electrons. The van der Waals surface area contributed by atoms with Crippen molar-refractivity contribution >= 4 is 0 Å². The van der Waals surface area contributed by atoms with E-state index < -0.39 is 0 Å². The van der Waals surface area contributed by atoms with Crippen LogP contribution >= 0.6 is 0 Å². The Bertz CT molecular complexity index is 361. The van der Waals surface area contributed by atoms with E-state index in [9.17, 15) is 0 Å². The van der Waals surface area contributed by atoms with Gasteiger partial charge in [0.25, 0.3) is 0 Å². The average molecular weight is 220 g/mol. The molecule has 16 heavy (non-hydrogen) atoms. The van der Waals surface area contributed by atoms with Crippen LogP contribution < -0.4 is 10.1 Å². The smallest absolute Gasteiger partial charge is 0.127 e. The molecule has 3 heteroatoms. The van der Waals surface area contributed by atoms with Gasteiger partial charge in [-0.1, -0.05) is 5.57 Å². The van der Waals surface area contributed by atoms with Crippen molar-refractivity contribution in [1.82, 2.24) is 10.3 Å². The standard InChI is InChI=1S/C13H20N2O/c1-10(2)5-6-16-13-7-11(3)15-9-12(13)8-14-4/h7,9,14H,1,5-6,8H2,2-4H3. The normalized spacial score (nSPS) is 10.2. The Hall–Kier alpha value is -1.35. The molecule has 0 aromatic carbocycles. The van der Waals surface area contributed by atoms with E-state index in [0.29, 0.717) is 6.61 Å². The van der Waals surface area contributed by atoms with Crippen molar-refractivity contribution in [3.05, 3.63) is 35.7 Å². The van der Waals surface area contributed by atoms with Crippen molar-refractivity contribution in [2.45, 2.75) is 26.8 Å². The number of ether oxygens (including phenoxy) is 1. The molecule has 1 aromatic rings. The minimum atomic E-state index is 0.676. The summed E-state index contributed by atoms with van der Waals surface area (Å²) in [7, 11) is 1.91. The summed E-state index contributed by atoms with van der Waals surface area (Å²) in [6, 6.07) is 1.98. The fourth-order valence-electron chi connectivity index (χ4n) is 1.36. The number of nitrogens with zero attached hydrogens (tertiary/aromatic N) is 1. The van der Waals surface area contributed by atoms with Gasteiger partial charge in [-0.05, 0) is 20.9 Å². The third kappa shape index (κ3) is 4.03. The van der Waals surface area contributed by atoms with Gasteiger partial charge in [-0.25, -0.2) is 0 Å². The van der Waals surface area contributed by atoms with E-state index >= 15 is 0 Å². The van der Waals surface area contributed by atoms with Crippen LogP contribution in [0.5, 0.6) is 5.75 Å². The summed E-state index contributed by atoms with van der Waals surface area (Å²) in [5, 5.41) is 3.11. The van der Waals surface area contributed by atoms with Gasteiger partial charge in [0, 0.05) is 36.5 Å². The topological polar surface area (TPSA) is 34.1 Å². The van der Waals surface area contributed by atoms with Gasteiger partial charge in [-0.3, -0.25) is 4.98 Å². The molecule has 1 aromatic heterocycles. The van der Waals surface area contributed by atoms with Crippen molar-refractivity contribution in [3.8, 4) is 5.75 Å². The first kappa shape index (κ1) is 12.7. The molecular weight excluding hydrogens is 200 g/mol. The predicted octanol–water partition coefficient (Wildman–Crippen LogP) is 2.45. The van der Waals surface area contributed by atoms with Crippen LogP contribution in [0.3, 0.4) is 0 Å². The molecule has 0 atom stereocenters. The number of aryl methyl sites for hydroxylation is 1. The van der Waals surface area contributed by atoms with Crippen LogP contribution in [0.2, 0.25) is 0 Å². The van der Waals surface area contributed by atoms with Gasteiger partial charge in [0.2, 0.25) is 0 Å². The third-order valence-electron chi connectivity index (χ3n) is 2.23.